The maximum absolute atomic E-state index is 5.32. The highest BCUT2D eigenvalue weighted by atomic mass is 32.1. The Kier molecular flexibility index (Phi) is 7.76. The summed E-state index contributed by atoms with van der Waals surface area (Å²) in [6.07, 6.45) is 4.63. The number of nitrogens with one attached hydrogen (secondary N) is 2. The van der Waals surface area contributed by atoms with Gasteiger partial charge in [-0.2, -0.15) is 0 Å². The topological polar surface area (TPSA) is 39.8 Å². The Morgan fingerprint density at radius 3 is 2.96 bits per heavy atom. The van der Waals surface area contributed by atoms with Crippen LogP contribution in [0.2, 0.25) is 0 Å². The molecule has 0 amide bonds. The molecule has 0 aliphatic carbocycles. The second kappa shape index (κ2) is 9.57. The molecule has 23 heavy (non-hydrogen) atoms. The molecule has 3 heterocycles. The van der Waals surface area contributed by atoms with Gasteiger partial charge in [0, 0.05) is 45.9 Å². The first kappa shape index (κ1) is 18.6. The van der Waals surface area contributed by atoms with Gasteiger partial charge < -0.3 is 20.3 Å². The number of methoxy groups -OCH3 is 1. The Labute approximate surface area is 146 Å². The molecule has 4 atom stereocenters. The van der Waals surface area contributed by atoms with Crippen molar-refractivity contribution in [1.82, 2.24) is 20.4 Å². The summed E-state index contributed by atoms with van der Waals surface area (Å²) in [6, 6.07) is 0.622. The molecular weight excluding hydrogens is 308 g/mol. The zero-order valence-electron chi connectivity index (χ0n) is 14.6. The predicted octanol–water partition coefficient (Wildman–Crippen LogP) is 0.925. The van der Waals surface area contributed by atoms with Crippen LogP contribution < -0.4 is 10.6 Å². The van der Waals surface area contributed by atoms with E-state index in [9.17, 15) is 0 Å². The van der Waals surface area contributed by atoms with Crippen molar-refractivity contribution in [1.29, 1.82) is 0 Å². The van der Waals surface area contributed by atoms with Gasteiger partial charge in [0.15, 0.2) is 5.11 Å². The van der Waals surface area contributed by atoms with Gasteiger partial charge in [-0.1, -0.05) is 6.08 Å². The standard InChI is InChI=1S/C17H32N4OS/c1-4-7-20(2)12-15-13-21-8-5-14(15)10-16(21)11-19-17(23)18-6-9-22-3/h4,14-16H,1,5-13H2,2-3H3,(H2,18,19,23). The molecule has 3 aliphatic rings. The van der Waals surface area contributed by atoms with Crippen molar-refractivity contribution in [3.8, 4) is 0 Å². The third kappa shape index (κ3) is 5.71. The van der Waals surface area contributed by atoms with Gasteiger partial charge >= 0.3 is 0 Å². The summed E-state index contributed by atoms with van der Waals surface area (Å²) < 4.78 is 5.02. The smallest absolute Gasteiger partial charge is 0.166 e. The predicted molar refractivity (Wildman–Crippen MR) is 99.7 cm³/mol. The van der Waals surface area contributed by atoms with E-state index in [4.69, 9.17) is 17.0 Å². The maximum atomic E-state index is 5.32. The average molecular weight is 341 g/mol. The number of fused-ring (bicyclic) bond motifs is 3. The third-order valence-corrected chi connectivity index (χ3v) is 5.38. The average Bonchev–Trinajstić information content (AvgIpc) is 2.54. The highest BCUT2D eigenvalue weighted by molar-refractivity contribution is 7.80. The number of piperidine rings is 3. The van der Waals surface area contributed by atoms with Crippen molar-refractivity contribution in [3.05, 3.63) is 12.7 Å². The first-order chi connectivity index (χ1) is 11.1. The highest BCUT2D eigenvalue weighted by Crippen LogP contribution is 2.36. The van der Waals surface area contributed by atoms with E-state index in [0.717, 1.165) is 36.6 Å². The van der Waals surface area contributed by atoms with E-state index in [1.54, 1.807) is 7.11 Å². The van der Waals surface area contributed by atoms with Gasteiger partial charge in [0.25, 0.3) is 0 Å². The molecule has 0 aromatic carbocycles. The van der Waals surface area contributed by atoms with E-state index < -0.39 is 0 Å². The summed E-state index contributed by atoms with van der Waals surface area (Å²) >= 11 is 5.32. The van der Waals surface area contributed by atoms with Crippen LogP contribution in [-0.2, 0) is 4.74 Å². The van der Waals surface area contributed by atoms with Gasteiger partial charge in [-0.3, -0.25) is 4.90 Å². The molecule has 3 aliphatic heterocycles. The van der Waals surface area contributed by atoms with E-state index >= 15 is 0 Å². The number of hydrogen-bond donors (Lipinski definition) is 2. The highest BCUT2D eigenvalue weighted by Gasteiger charge is 2.39. The Hall–Kier alpha value is -0.690. The second-order valence-electron chi connectivity index (χ2n) is 6.83. The maximum Gasteiger partial charge on any atom is 0.166 e. The first-order valence-electron chi connectivity index (χ1n) is 8.68. The molecule has 6 heteroatoms. The van der Waals surface area contributed by atoms with Crippen molar-refractivity contribution in [2.45, 2.75) is 18.9 Å². The summed E-state index contributed by atoms with van der Waals surface area (Å²) in [5.41, 5.74) is 0. The summed E-state index contributed by atoms with van der Waals surface area (Å²) in [7, 11) is 3.90. The summed E-state index contributed by atoms with van der Waals surface area (Å²) in [4.78, 5) is 5.04. The number of ether oxygens (including phenoxy) is 1. The molecule has 5 nitrogen and oxygen atoms in total. The van der Waals surface area contributed by atoms with Gasteiger partial charge in [0.1, 0.15) is 0 Å². The Balaban J connectivity index is 1.72. The first-order valence-corrected chi connectivity index (χ1v) is 9.09. The largest absolute Gasteiger partial charge is 0.383 e. The lowest BCUT2D eigenvalue weighted by molar-refractivity contribution is -0.00669. The van der Waals surface area contributed by atoms with Crippen molar-refractivity contribution in [2.24, 2.45) is 11.8 Å². The molecule has 0 aromatic heterocycles. The zero-order valence-corrected chi connectivity index (χ0v) is 15.4. The number of rotatable bonds is 9. The van der Waals surface area contributed by atoms with E-state index in [2.05, 4.69) is 34.1 Å². The second-order valence-corrected chi connectivity index (χ2v) is 7.24. The number of thiocarbonyl (C=S) groups is 1. The van der Waals surface area contributed by atoms with Crippen LogP contribution in [0.4, 0.5) is 0 Å². The molecule has 0 radical (unpaired) electrons. The summed E-state index contributed by atoms with van der Waals surface area (Å²) in [5.74, 6) is 1.66. The molecule has 2 N–H and O–H groups in total. The normalized spacial score (nSPS) is 29.5. The lowest BCUT2D eigenvalue weighted by Crippen LogP contribution is -2.58. The van der Waals surface area contributed by atoms with Crippen LogP contribution in [0.5, 0.6) is 0 Å². The zero-order chi connectivity index (χ0) is 16.7. The van der Waals surface area contributed by atoms with Crippen molar-refractivity contribution in [3.63, 3.8) is 0 Å². The minimum absolute atomic E-state index is 0.622. The fraction of sp³-hybridized carbons (Fsp3) is 0.824. The molecule has 0 saturated carbocycles. The van der Waals surface area contributed by atoms with E-state index in [1.165, 1.54) is 32.5 Å². The van der Waals surface area contributed by atoms with Crippen LogP contribution in [0.1, 0.15) is 12.8 Å². The molecule has 2 bridgehead atoms. The molecule has 132 valence electrons. The summed E-state index contributed by atoms with van der Waals surface area (Å²) in [5, 5.41) is 7.29. The van der Waals surface area contributed by atoms with Crippen LogP contribution in [-0.4, -0.2) is 81.0 Å². The lowest BCUT2D eigenvalue weighted by Gasteiger charge is -2.50. The number of nitrogens with zero attached hydrogens (tertiary/aromatic N) is 2. The molecule has 3 rings (SSSR count). The van der Waals surface area contributed by atoms with Gasteiger partial charge in [-0.15, -0.1) is 6.58 Å². The molecule has 3 fully saturated rings. The third-order valence-electron chi connectivity index (χ3n) is 5.09. The van der Waals surface area contributed by atoms with Gasteiger partial charge in [0.2, 0.25) is 0 Å². The monoisotopic (exact) mass is 340 g/mol. The molecule has 0 aromatic rings. The minimum Gasteiger partial charge on any atom is -0.383 e. The Bertz CT molecular complexity index is 393. The van der Waals surface area contributed by atoms with Crippen molar-refractivity contribution >= 4 is 17.3 Å². The summed E-state index contributed by atoms with van der Waals surface area (Å²) in [6.45, 7) is 10.9. The quantitative estimate of drug-likeness (QED) is 0.370. The van der Waals surface area contributed by atoms with E-state index in [0.29, 0.717) is 12.6 Å². The van der Waals surface area contributed by atoms with Gasteiger partial charge in [-0.05, 0) is 50.5 Å². The van der Waals surface area contributed by atoms with Crippen molar-refractivity contribution < 1.29 is 4.74 Å². The Morgan fingerprint density at radius 2 is 2.30 bits per heavy atom. The molecule has 4 unspecified atom stereocenters. The van der Waals surface area contributed by atoms with Crippen molar-refractivity contribution in [2.75, 3.05) is 60.0 Å². The van der Waals surface area contributed by atoms with Crippen LogP contribution in [0, 0.1) is 11.8 Å². The number of hydrogen-bond acceptors (Lipinski definition) is 4. The van der Waals surface area contributed by atoms with Crippen LogP contribution >= 0.6 is 12.2 Å². The molecular formula is C17H32N4OS. The van der Waals surface area contributed by atoms with Crippen LogP contribution in [0.25, 0.3) is 0 Å². The van der Waals surface area contributed by atoms with Crippen LogP contribution in [0.3, 0.4) is 0 Å². The van der Waals surface area contributed by atoms with E-state index in [-0.39, 0.29) is 0 Å². The molecule has 3 saturated heterocycles. The number of likely N-dealkylation sites (N-methyl/N-ethyl adjacent to an activating group) is 1. The lowest BCUT2D eigenvalue weighted by atomic mass is 9.75. The fourth-order valence-electron chi connectivity index (χ4n) is 3.90. The van der Waals surface area contributed by atoms with Crippen LogP contribution in [0.15, 0.2) is 12.7 Å². The SMILES string of the molecule is C=CCN(C)CC1CN2CCC1CC2CNC(=S)NCCOC. The van der Waals surface area contributed by atoms with E-state index in [1.807, 2.05) is 6.08 Å². The van der Waals surface area contributed by atoms with Gasteiger partial charge in [-0.25, -0.2) is 0 Å². The fourth-order valence-corrected chi connectivity index (χ4v) is 4.09. The van der Waals surface area contributed by atoms with Gasteiger partial charge in [0.05, 0.1) is 6.61 Å². The minimum atomic E-state index is 0.622. The molecule has 0 spiro atoms. The Morgan fingerprint density at radius 1 is 1.48 bits per heavy atom.